The number of halogens is 1. The van der Waals surface area contributed by atoms with Gasteiger partial charge in [-0.05, 0) is 36.2 Å². The van der Waals surface area contributed by atoms with Gasteiger partial charge in [0.1, 0.15) is 5.82 Å². The zero-order chi connectivity index (χ0) is 13.8. The van der Waals surface area contributed by atoms with Gasteiger partial charge in [0.2, 0.25) is 5.91 Å². The molecule has 0 atom stereocenters. The first-order chi connectivity index (χ1) is 9.06. The Balaban J connectivity index is 2.08. The van der Waals surface area contributed by atoms with Gasteiger partial charge in [-0.3, -0.25) is 4.79 Å². The molecule has 98 valence electrons. The van der Waals surface area contributed by atoms with E-state index in [0.717, 1.165) is 5.56 Å². The molecule has 0 aliphatic rings. The first-order valence-electron chi connectivity index (χ1n) is 5.95. The number of aryl methyl sites for hydroxylation is 1. The van der Waals surface area contributed by atoms with Crippen LogP contribution in [0.3, 0.4) is 0 Å². The van der Waals surface area contributed by atoms with Gasteiger partial charge >= 0.3 is 0 Å². The molecule has 0 heterocycles. The summed E-state index contributed by atoms with van der Waals surface area (Å²) in [6.07, 6.45) is -0.0139. The highest BCUT2D eigenvalue weighted by Crippen LogP contribution is 2.19. The summed E-state index contributed by atoms with van der Waals surface area (Å²) in [5, 5.41) is 2.68. The maximum atomic E-state index is 13.4. The van der Waals surface area contributed by atoms with Crippen molar-refractivity contribution in [1.29, 1.82) is 0 Å². The average Bonchev–Trinajstić information content (AvgIpc) is 2.36. The Bertz CT molecular complexity index is 611. The number of hydrogen-bond donors (Lipinski definition) is 2. The summed E-state index contributed by atoms with van der Waals surface area (Å²) in [6.45, 7) is 1.92. The highest BCUT2D eigenvalue weighted by molar-refractivity contribution is 5.95. The smallest absolute Gasteiger partial charge is 0.228 e. The van der Waals surface area contributed by atoms with Gasteiger partial charge in [-0.1, -0.05) is 24.3 Å². The zero-order valence-corrected chi connectivity index (χ0v) is 10.6. The summed E-state index contributed by atoms with van der Waals surface area (Å²) in [5.74, 6) is -0.671. The van der Waals surface area contributed by atoms with Gasteiger partial charge in [-0.25, -0.2) is 4.39 Å². The molecule has 1 amide bonds. The van der Waals surface area contributed by atoms with Crippen molar-refractivity contribution in [3.63, 3.8) is 0 Å². The number of nitrogens with one attached hydrogen (secondary N) is 1. The second kappa shape index (κ2) is 5.52. The molecule has 3 N–H and O–H groups in total. The molecule has 0 saturated carbocycles. The molecule has 4 heteroatoms. The number of carbonyl (C=O) groups excluding carboxylic acids is 1. The fourth-order valence-electron chi connectivity index (χ4n) is 1.81. The molecule has 0 aromatic heterocycles. The van der Waals surface area contributed by atoms with Gasteiger partial charge < -0.3 is 11.1 Å². The lowest BCUT2D eigenvalue weighted by Gasteiger charge is -2.09. The van der Waals surface area contributed by atoms with Crippen LogP contribution in [0.2, 0.25) is 0 Å². The molecule has 0 radical (unpaired) electrons. The maximum Gasteiger partial charge on any atom is 0.228 e. The van der Waals surface area contributed by atoms with E-state index < -0.39 is 0 Å². The molecule has 0 saturated heterocycles. The van der Waals surface area contributed by atoms with Crippen molar-refractivity contribution in [1.82, 2.24) is 0 Å². The van der Waals surface area contributed by atoms with Crippen molar-refractivity contribution >= 4 is 17.3 Å². The van der Waals surface area contributed by atoms with E-state index in [9.17, 15) is 9.18 Å². The summed E-state index contributed by atoms with van der Waals surface area (Å²) < 4.78 is 13.4. The number of anilines is 2. The molecule has 0 aliphatic heterocycles. The molecule has 0 unspecified atom stereocenters. The van der Waals surface area contributed by atoms with Crippen LogP contribution in [0.15, 0.2) is 42.5 Å². The second-order valence-electron chi connectivity index (χ2n) is 4.41. The average molecular weight is 258 g/mol. The van der Waals surface area contributed by atoms with Crippen LogP contribution in [-0.4, -0.2) is 5.91 Å². The van der Waals surface area contributed by atoms with Gasteiger partial charge in [0.05, 0.1) is 17.8 Å². The highest BCUT2D eigenvalue weighted by atomic mass is 19.1. The Labute approximate surface area is 111 Å². The van der Waals surface area contributed by atoms with Crippen molar-refractivity contribution < 1.29 is 9.18 Å². The molecule has 0 bridgehead atoms. The lowest BCUT2D eigenvalue weighted by molar-refractivity contribution is -0.115. The normalized spacial score (nSPS) is 10.2. The standard InChI is InChI=1S/C15H15FN2O/c1-10-6-7-14(13(17)8-10)18-15(19)9-11-4-2-3-5-12(11)16/h2-8H,9,17H2,1H3,(H,18,19). The van der Waals surface area contributed by atoms with Gasteiger partial charge in [0.25, 0.3) is 0 Å². The van der Waals surface area contributed by atoms with Crippen LogP contribution in [0.5, 0.6) is 0 Å². The third kappa shape index (κ3) is 3.31. The predicted octanol–water partition coefficient (Wildman–Crippen LogP) is 2.90. The van der Waals surface area contributed by atoms with Crippen molar-refractivity contribution in [2.45, 2.75) is 13.3 Å². The van der Waals surface area contributed by atoms with E-state index in [2.05, 4.69) is 5.32 Å². The van der Waals surface area contributed by atoms with Crippen LogP contribution < -0.4 is 11.1 Å². The van der Waals surface area contributed by atoms with Crippen LogP contribution in [0.25, 0.3) is 0 Å². The first-order valence-corrected chi connectivity index (χ1v) is 5.95. The Hall–Kier alpha value is -2.36. The molecule has 19 heavy (non-hydrogen) atoms. The number of rotatable bonds is 3. The first kappa shape index (κ1) is 13.1. The zero-order valence-electron chi connectivity index (χ0n) is 10.6. The van der Waals surface area contributed by atoms with Crippen LogP contribution in [-0.2, 0) is 11.2 Å². The summed E-state index contributed by atoms with van der Waals surface area (Å²) in [6, 6.07) is 11.6. The summed E-state index contributed by atoms with van der Waals surface area (Å²) in [5.41, 5.74) is 8.24. The van der Waals surface area contributed by atoms with Crippen LogP contribution in [0.4, 0.5) is 15.8 Å². The molecule has 0 spiro atoms. The monoisotopic (exact) mass is 258 g/mol. The van der Waals surface area contributed by atoms with Crippen molar-refractivity contribution in [3.05, 3.63) is 59.4 Å². The van der Waals surface area contributed by atoms with E-state index in [1.54, 1.807) is 30.3 Å². The van der Waals surface area contributed by atoms with E-state index in [1.165, 1.54) is 6.07 Å². The quantitative estimate of drug-likeness (QED) is 0.832. The maximum absolute atomic E-state index is 13.4. The summed E-state index contributed by atoms with van der Waals surface area (Å²) in [7, 11) is 0. The van der Waals surface area contributed by atoms with Crippen molar-refractivity contribution in [3.8, 4) is 0 Å². The van der Waals surface area contributed by atoms with Gasteiger partial charge in [-0.2, -0.15) is 0 Å². The molecule has 2 aromatic carbocycles. The van der Waals surface area contributed by atoms with E-state index in [1.807, 2.05) is 13.0 Å². The SMILES string of the molecule is Cc1ccc(NC(=O)Cc2ccccc2F)c(N)c1. The lowest BCUT2D eigenvalue weighted by Crippen LogP contribution is -2.16. The molecule has 2 aromatic rings. The Morgan fingerprint density at radius 2 is 2.00 bits per heavy atom. The Morgan fingerprint density at radius 1 is 1.26 bits per heavy atom. The van der Waals surface area contributed by atoms with Crippen LogP contribution in [0.1, 0.15) is 11.1 Å². The fourth-order valence-corrected chi connectivity index (χ4v) is 1.81. The second-order valence-corrected chi connectivity index (χ2v) is 4.41. The Morgan fingerprint density at radius 3 is 2.68 bits per heavy atom. The lowest BCUT2D eigenvalue weighted by atomic mass is 10.1. The third-order valence-electron chi connectivity index (χ3n) is 2.79. The van der Waals surface area contributed by atoms with E-state index in [-0.39, 0.29) is 18.1 Å². The minimum absolute atomic E-state index is 0.0139. The summed E-state index contributed by atoms with van der Waals surface area (Å²) >= 11 is 0. The van der Waals surface area contributed by atoms with Crippen LogP contribution >= 0.6 is 0 Å². The fraction of sp³-hybridized carbons (Fsp3) is 0.133. The molecule has 0 aliphatic carbocycles. The number of benzene rings is 2. The number of carbonyl (C=O) groups is 1. The van der Waals surface area contributed by atoms with Crippen molar-refractivity contribution in [2.24, 2.45) is 0 Å². The number of nitrogens with two attached hydrogens (primary N) is 1. The van der Waals surface area contributed by atoms with E-state index >= 15 is 0 Å². The van der Waals surface area contributed by atoms with Gasteiger partial charge in [0.15, 0.2) is 0 Å². The van der Waals surface area contributed by atoms with Gasteiger partial charge in [-0.15, -0.1) is 0 Å². The molecular weight excluding hydrogens is 243 g/mol. The minimum atomic E-state index is -0.380. The Kier molecular flexibility index (Phi) is 3.80. The third-order valence-corrected chi connectivity index (χ3v) is 2.79. The van der Waals surface area contributed by atoms with E-state index in [0.29, 0.717) is 16.9 Å². The predicted molar refractivity (Wildman–Crippen MR) is 74.3 cm³/mol. The summed E-state index contributed by atoms with van der Waals surface area (Å²) in [4.78, 5) is 11.8. The molecule has 3 nitrogen and oxygen atoms in total. The number of nitrogen functional groups attached to an aromatic ring is 1. The topological polar surface area (TPSA) is 55.1 Å². The number of amides is 1. The minimum Gasteiger partial charge on any atom is -0.397 e. The largest absolute Gasteiger partial charge is 0.397 e. The highest BCUT2D eigenvalue weighted by Gasteiger charge is 2.09. The molecule has 2 rings (SSSR count). The van der Waals surface area contributed by atoms with Crippen molar-refractivity contribution in [2.75, 3.05) is 11.1 Å². The van der Waals surface area contributed by atoms with E-state index in [4.69, 9.17) is 5.73 Å². The van der Waals surface area contributed by atoms with Gasteiger partial charge in [0, 0.05) is 0 Å². The number of hydrogen-bond acceptors (Lipinski definition) is 2. The molecular formula is C15H15FN2O. The van der Waals surface area contributed by atoms with Crippen LogP contribution in [0, 0.1) is 12.7 Å². The molecule has 0 fully saturated rings.